The van der Waals surface area contributed by atoms with Gasteiger partial charge in [0.15, 0.2) is 5.76 Å². The summed E-state index contributed by atoms with van der Waals surface area (Å²) in [6, 6.07) is 0. The molecule has 204 valence electrons. The SMILES string of the molecule is C=CCN(/C=C1/C(=O)O[C@H](COC)[C@@]2(C)C1=C(O)C(=O)C1=C2C(OC(C)=O)C[C@]2(C)C(=O)CC[C@@H]12)CC=C. The molecule has 9 heteroatoms. The number of ketones is 2. The largest absolute Gasteiger partial charge is 0.504 e. The van der Waals surface area contributed by atoms with E-state index in [0.717, 1.165) is 0 Å². The summed E-state index contributed by atoms with van der Waals surface area (Å²) >= 11 is 0. The lowest BCUT2D eigenvalue weighted by atomic mass is 9.53. The third-order valence-corrected chi connectivity index (χ3v) is 8.46. The van der Waals surface area contributed by atoms with Crippen LogP contribution in [0.15, 0.2) is 59.6 Å². The highest BCUT2D eigenvalue weighted by molar-refractivity contribution is 6.14. The molecule has 1 aliphatic heterocycles. The zero-order valence-corrected chi connectivity index (χ0v) is 22.4. The molecule has 0 amide bonds. The van der Waals surface area contributed by atoms with Gasteiger partial charge in [0.25, 0.3) is 0 Å². The molecule has 2 fully saturated rings. The van der Waals surface area contributed by atoms with E-state index in [9.17, 15) is 24.3 Å². The molecule has 0 aromatic heterocycles. The molecule has 1 unspecified atom stereocenters. The summed E-state index contributed by atoms with van der Waals surface area (Å²) in [5.74, 6) is -2.99. The topological polar surface area (TPSA) is 119 Å². The Labute approximate surface area is 222 Å². The van der Waals surface area contributed by atoms with E-state index in [-0.39, 0.29) is 42.0 Å². The predicted octanol–water partition coefficient (Wildman–Crippen LogP) is 3.13. The number of ether oxygens (including phenoxy) is 3. The maximum atomic E-state index is 14.0. The molecule has 0 bridgehead atoms. The van der Waals surface area contributed by atoms with Crippen molar-refractivity contribution in [2.75, 3.05) is 26.8 Å². The molecule has 9 nitrogen and oxygen atoms in total. The van der Waals surface area contributed by atoms with Crippen LogP contribution in [0.1, 0.15) is 40.0 Å². The monoisotopic (exact) mass is 525 g/mol. The molecule has 1 saturated heterocycles. The first-order chi connectivity index (χ1) is 17.9. The summed E-state index contributed by atoms with van der Waals surface area (Å²) in [5.41, 5.74) is -1.35. The van der Waals surface area contributed by atoms with E-state index in [0.29, 0.717) is 25.1 Å². The number of carbonyl (C=O) groups is 4. The Morgan fingerprint density at radius 3 is 2.45 bits per heavy atom. The first kappa shape index (κ1) is 27.6. The molecule has 1 N–H and O–H groups in total. The number of aliphatic hydroxyl groups excluding tert-OH is 1. The van der Waals surface area contributed by atoms with Gasteiger partial charge in [0.05, 0.1) is 17.6 Å². The van der Waals surface area contributed by atoms with E-state index in [1.165, 1.54) is 20.2 Å². The van der Waals surface area contributed by atoms with Crippen LogP contribution in [-0.2, 0) is 33.4 Å². The molecule has 0 aromatic carbocycles. The second-order valence-corrected chi connectivity index (χ2v) is 10.7. The average Bonchev–Trinajstić information content (AvgIpc) is 3.13. The molecule has 5 atom stereocenters. The number of cyclic esters (lactones) is 1. The van der Waals surface area contributed by atoms with Crippen molar-refractivity contribution >= 4 is 23.5 Å². The van der Waals surface area contributed by atoms with E-state index < -0.39 is 52.4 Å². The number of hydrogen-bond donors (Lipinski definition) is 1. The number of Topliss-reactive ketones (excluding diaryl/α,β-unsaturated/α-hetero) is 2. The van der Waals surface area contributed by atoms with Gasteiger partial charge in [-0.3, -0.25) is 14.4 Å². The van der Waals surface area contributed by atoms with Gasteiger partial charge in [0.2, 0.25) is 5.78 Å². The van der Waals surface area contributed by atoms with Gasteiger partial charge in [-0.25, -0.2) is 4.79 Å². The predicted molar refractivity (Wildman–Crippen MR) is 138 cm³/mol. The molecule has 1 heterocycles. The van der Waals surface area contributed by atoms with Gasteiger partial charge >= 0.3 is 11.9 Å². The summed E-state index contributed by atoms with van der Waals surface area (Å²) in [7, 11) is 1.46. The molecule has 1 saturated carbocycles. The fraction of sp³-hybridized carbons (Fsp3) is 0.517. The standard InChI is InChI=1S/C29H35NO8/c1-7-11-30(12-8-2)14-17-23-26(34)25(33)22-18-9-10-20(32)28(18,4)13-19(37-16(3)31)24(22)29(23,5)21(15-36-6)38-27(17)35/h7-8,14,18-19,21,34H,1-2,9-13,15H2,3-6H3/b17-14+/t18-,19?,21+,28-,29-/m0/s1. The molecule has 4 aliphatic rings. The number of esters is 2. The fourth-order valence-electron chi connectivity index (χ4n) is 6.78. The first-order valence-electron chi connectivity index (χ1n) is 12.8. The second-order valence-electron chi connectivity index (χ2n) is 10.7. The third kappa shape index (κ3) is 4.04. The molecule has 0 radical (unpaired) electrons. The van der Waals surface area contributed by atoms with Gasteiger partial charge in [0.1, 0.15) is 18.0 Å². The van der Waals surface area contributed by atoms with Gasteiger partial charge in [0, 0.05) is 68.6 Å². The van der Waals surface area contributed by atoms with Crippen molar-refractivity contribution in [3.63, 3.8) is 0 Å². The number of methoxy groups -OCH3 is 1. The van der Waals surface area contributed by atoms with Crippen LogP contribution in [0.25, 0.3) is 0 Å². The number of nitrogens with zero attached hydrogens (tertiary/aromatic N) is 1. The van der Waals surface area contributed by atoms with Gasteiger partial charge < -0.3 is 24.2 Å². The molecule has 38 heavy (non-hydrogen) atoms. The molecule has 0 spiro atoms. The van der Waals surface area contributed by atoms with E-state index >= 15 is 0 Å². The van der Waals surface area contributed by atoms with E-state index in [1.807, 2.05) is 0 Å². The highest BCUT2D eigenvalue weighted by Crippen LogP contribution is 2.62. The lowest BCUT2D eigenvalue weighted by Crippen LogP contribution is -2.57. The number of carbonyl (C=O) groups excluding carboxylic acids is 4. The Bertz CT molecular complexity index is 1200. The Kier molecular flexibility index (Phi) is 7.27. The van der Waals surface area contributed by atoms with Crippen molar-refractivity contribution in [2.24, 2.45) is 16.7 Å². The summed E-state index contributed by atoms with van der Waals surface area (Å²) in [4.78, 5) is 54.3. The third-order valence-electron chi connectivity index (χ3n) is 8.46. The van der Waals surface area contributed by atoms with Crippen molar-refractivity contribution in [3.05, 3.63) is 59.6 Å². The number of hydrogen-bond acceptors (Lipinski definition) is 9. The highest BCUT2D eigenvalue weighted by Gasteiger charge is 2.64. The minimum atomic E-state index is -1.27. The smallest absolute Gasteiger partial charge is 0.340 e. The lowest BCUT2D eigenvalue weighted by Gasteiger charge is -2.53. The minimum absolute atomic E-state index is 0.00740. The van der Waals surface area contributed by atoms with Crippen LogP contribution >= 0.6 is 0 Å². The van der Waals surface area contributed by atoms with E-state index in [4.69, 9.17) is 14.2 Å². The number of allylic oxidation sites excluding steroid dienone is 1. The quantitative estimate of drug-likeness (QED) is 0.290. The summed E-state index contributed by atoms with van der Waals surface area (Å²) in [5, 5.41) is 11.5. The second kappa shape index (κ2) is 10.0. The normalized spacial score (nSPS) is 33.4. The number of rotatable bonds is 8. The molecular formula is C29H35NO8. The zero-order valence-electron chi connectivity index (χ0n) is 22.4. The summed E-state index contributed by atoms with van der Waals surface area (Å²) in [6.45, 7) is 13.0. The molecular weight excluding hydrogens is 490 g/mol. The van der Waals surface area contributed by atoms with Crippen LogP contribution in [0.4, 0.5) is 0 Å². The molecule has 0 aromatic rings. The van der Waals surface area contributed by atoms with E-state index in [1.54, 1.807) is 30.9 Å². The van der Waals surface area contributed by atoms with Gasteiger partial charge in [-0.15, -0.1) is 13.2 Å². The fourth-order valence-corrected chi connectivity index (χ4v) is 6.78. The maximum absolute atomic E-state index is 14.0. The molecule has 4 rings (SSSR count). The van der Waals surface area contributed by atoms with Gasteiger partial charge in [-0.05, 0) is 18.9 Å². The van der Waals surface area contributed by atoms with E-state index in [2.05, 4.69) is 13.2 Å². The Hall–Kier alpha value is -3.46. The van der Waals surface area contributed by atoms with Crippen LogP contribution in [0.5, 0.6) is 0 Å². The Balaban J connectivity index is 2.02. The van der Waals surface area contributed by atoms with Crippen molar-refractivity contribution < 1.29 is 38.5 Å². The van der Waals surface area contributed by atoms with Crippen molar-refractivity contribution in [2.45, 2.75) is 52.2 Å². The van der Waals surface area contributed by atoms with Crippen LogP contribution in [0, 0.1) is 16.7 Å². The van der Waals surface area contributed by atoms with Crippen LogP contribution in [0.3, 0.4) is 0 Å². The maximum Gasteiger partial charge on any atom is 0.340 e. The summed E-state index contributed by atoms with van der Waals surface area (Å²) < 4.78 is 17.1. The average molecular weight is 526 g/mol. The van der Waals surface area contributed by atoms with Crippen molar-refractivity contribution in [1.29, 1.82) is 0 Å². The highest BCUT2D eigenvalue weighted by atomic mass is 16.6. The van der Waals surface area contributed by atoms with Crippen molar-refractivity contribution in [1.82, 2.24) is 4.90 Å². The van der Waals surface area contributed by atoms with Crippen LogP contribution in [-0.4, -0.2) is 72.5 Å². The number of fused-ring (bicyclic) bond motifs is 4. The first-order valence-corrected chi connectivity index (χ1v) is 12.8. The molecule has 3 aliphatic carbocycles. The van der Waals surface area contributed by atoms with Gasteiger partial charge in [-0.2, -0.15) is 0 Å². The Morgan fingerprint density at radius 2 is 1.87 bits per heavy atom. The Morgan fingerprint density at radius 1 is 1.21 bits per heavy atom. The van der Waals surface area contributed by atoms with Crippen LogP contribution in [0.2, 0.25) is 0 Å². The van der Waals surface area contributed by atoms with Crippen molar-refractivity contribution in [3.8, 4) is 0 Å². The minimum Gasteiger partial charge on any atom is -0.504 e. The van der Waals surface area contributed by atoms with Gasteiger partial charge in [-0.1, -0.05) is 19.1 Å². The number of aliphatic hydroxyl groups is 1. The lowest BCUT2D eigenvalue weighted by molar-refractivity contribution is -0.160. The zero-order chi connectivity index (χ0) is 28.0. The van der Waals surface area contributed by atoms with Crippen LogP contribution < -0.4 is 0 Å². The summed E-state index contributed by atoms with van der Waals surface area (Å²) in [6.07, 6.45) is 3.89.